The van der Waals surface area contributed by atoms with E-state index in [1.165, 1.54) is 11.3 Å². The van der Waals surface area contributed by atoms with Crippen molar-refractivity contribution in [1.29, 1.82) is 0 Å². The summed E-state index contributed by atoms with van der Waals surface area (Å²) in [4.78, 5) is 31.2. The number of amides is 2. The number of halogens is 1. The number of ether oxygens (including phenoxy) is 1. The van der Waals surface area contributed by atoms with E-state index in [1.54, 1.807) is 42.7 Å². The Morgan fingerprint density at radius 2 is 1.70 bits per heavy atom. The first-order valence-corrected chi connectivity index (χ1v) is 11.5. The van der Waals surface area contributed by atoms with E-state index in [2.05, 4.69) is 20.9 Å². The molecule has 1 atom stereocenters. The van der Waals surface area contributed by atoms with E-state index in [0.717, 1.165) is 36.4 Å². The Morgan fingerprint density at radius 1 is 1.03 bits per heavy atom. The van der Waals surface area contributed by atoms with Crippen LogP contribution in [0.15, 0.2) is 60.9 Å². The van der Waals surface area contributed by atoms with E-state index >= 15 is 0 Å². The molecule has 0 bridgehead atoms. The van der Waals surface area contributed by atoms with Gasteiger partial charge in [0.25, 0.3) is 5.91 Å². The van der Waals surface area contributed by atoms with Crippen LogP contribution in [0.2, 0.25) is 0 Å². The number of benzene rings is 1. The minimum Gasteiger partial charge on any atom is -0.441 e. The SMILES string of the molecule is Cc1ccc(C(=O)Nc2ccccc2NC(=O)OC(c2ccncc2)C2CCNCC2)s1.Cl. The molecule has 3 heterocycles. The molecule has 1 aliphatic rings. The molecule has 3 N–H and O–H groups in total. The number of carbonyl (C=O) groups excluding carboxylic acids is 2. The van der Waals surface area contributed by atoms with E-state index in [1.807, 2.05) is 25.1 Å². The third-order valence-corrected chi connectivity index (χ3v) is 6.46. The molecule has 2 aromatic heterocycles. The van der Waals surface area contributed by atoms with Crippen molar-refractivity contribution in [2.75, 3.05) is 23.7 Å². The Hall–Kier alpha value is -2.94. The Morgan fingerprint density at radius 3 is 2.33 bits per heavy atom. The van der Waals surface area contributed by atoms with Crippen molar-refractivity contribution >= 4 is 47.1 Å². The van der Waals surface area contributed by atoms with Gasteiger partial charge in [-0.3, -0.25) is 15.1 Å². The quantitative estimate of drug-likeness (QED) is 0.433. The Labute approximate surface area is 203 Å². The number of nitrogens with one attached hydrogen (secondary N) is 3. The van der Waals surface area contributed by atoms with Gasteiger partial charge in [0, 0.05) is 23.2 Å². The molecule has 7 nitrogen and oxygen atoms in total. The average molecular weight is 487 g/mol. The molecule has 0 radical (unpaired) electrons. The number of carbonyl (C=O) groups is 2. The lowest BCUT2D eigenvalue weighted by Gasteiger charge is -2.30. The summed E-state index contributed by atoms with van der Waals surface area (Å²) < 4.78 is 5.91. The molecule has 0 aliphatic carbocycles. The predicted molar refractivity (Wildman–Crippen MR) is 133 cm³/mol. The summed E-state index contributed by atoms with van der Waals surface area (Å²) >= 11 is 1.42. The predicted octanol–water partition coefficient (Wildman–Crippen LogP) is 5.42. The smallest absolute Gasteiger partial charge is 0.412 e. The fourth-order valence-corrected chi connectivity index (χ4v) is 4.60. The molecule has 1 saturated heterocycles. The van der Waals surface area contributed by atoms with Crippen LogP contribution < -0.4 is 16.0 Å². The number of pyridine rings is 1. The molecule has 3 aromatic rings. The zero-order valence-corrected chi connectivity index (χ0v) is 19.9. The number of para-hydroxylation sites is 2. The molecule has 1 unspecified atom stereocenters. The largest absolute Gasteiger partial charge is 0.441 e. The molecular weight excluding hydrogens is 460 g/mol. The summed E-state index contributed by atoms with van der Waals surface area (Å²) in [6.45, 7) is 3.75. The van der Waals surface area contributed by atoms with Gasteiger partial charge in [0.2, 0.25) is 0 Å². The van der Waals surface area contributed by atoms with Gasteiger partial charge in [0.15, 0.2) is 0 Å². The lowest BCUT2D eigenvalue weighted by molar-refractivity contribution is 0.0591. The summed E-state index contributed by atoms with van der Waals surface area (Å²) in [5, 5.41) is 9.03. The normalized spacial score (nSPS) is 14.6. The maximum Gasteiger partial charge on any atom is 0.412 e. The second-order valence-corrected chi connectivity index (χ2v) is 9.02. The van der Waals surface area contributed by atoms with Gasteiger partial charge in [-0.15, -0.1) is 23.7 Å². The molecule has 1 aliphatic heterocycles. The van der Waals surface area contributed by atoms with Gasteiger partial charge in [-0.05, 0) is 74.8 Å². The van der Waals surface area contributed by atoms with E-state index in [-0.39, 0.29) is 30.3 Å². The van der Waals surface area contributed by atoms with Crippen molar-refractivity contribution in [3.63, 3.8) is 0 Å². The fraction of sp³-hybridized carbons (Fsp3) is 0.292. The van der Waals surface area contributed by atoms with Gasteiger partial charge in [0.05, 0.1) is 16.3 Å². The third-order valence-electron chi connectivity index (χ3n) is 5.46. The number of anilines is 2. The lowest BCUT2D eigenvalue weighted by Crippen LogP contribution is -2.33. The molecule has 4 rings (SSSR count). The van der Waals surface area contributed by atoms with Crippen molar-refractivity contribution in [2.24, 2.45) is 5.92 Å². The zero-order valence-electron chi connectivity index (χ0n) is 18.2. The Balaban J connectivity index is 0.00000306. The minimum absolute atomic E-state index is 0. The van der Waals surface area contributed by atoms with Gasteiger partial charge in [-0.1, -0.05) is 12.1 Å². The number of piperidine rings is 1. The maximum absolute atomic E-state index is 12.9. The van der Waals surface area contributed by atoms with Crippen molar-refractivity contribution in [3.8, 4) is 0 Å². The molecule has 2 amide bonds. The van der Waals surface area contributed by atoms with E-state index in [0.29, 0.717) is 16.3 Å². The van der Waals surface area contributed by atoms with Crippen LogP contribution in [0.5, 0.6) is 0 Å². The maximum atomic E-state index is 12.9. The van der Waals surface area contributed by atoms with Crippen molar-refractivity contribution in [1.82, 2.24) is 10.3 Å². The third kappa shape index (κ3) is 6.54. The number of thiophene rings is 1. The summed E-state index contributed by atoms with van der Waals surface area (Å²) in [7, 11) is 0. The first kappa shape index (κ1) is 24.7. The average Bonchev–Trinajstić information content (AvgIpc) is 3.26. The molecule has 1 fully saturated rings. The second-order valence-electron chi connectivity index (χ2n) is 7.73. The number of rotatable bonds is 6. The van der Waals surface area contributed by atoms with Gasteiger partial charge in [-0.25, -0.2) is 4.79 Å². The molecular formula is C24H27ClN4O3S. The Bertz CT molecular complexity index is 1070. The second kappa shape index (κ2) is 11.8. The minimum atomic E-state index is -0.556. The summed E-state index contributed by atoms with van der Waals surface area (Å²) in [5.74, 6) is 0.0106. The highest BCUT2D eigenvalue weighted by molar-refractivity contribution is 7.14. The van der Waals surface area contributed by atoms with Gasteiger partial charge in [0.1, 0.15) is 6.10 Å². The fourth-order valence-electron chi connectivity index (χ4n) is 3.83. The molecule has 174 valence electrons. The highest BCUT2D eigenvalue weighted by Gasteiger charge is 2.28. The van der Waals surface area contributed by atoms with Crippen LogP contribution >= 0.6 is 23.7 Å². The Kier molecular flexibility index (Phi) is 8.82. The molecule has 1 aromatic carbocycles. The number of nitrogens with zero attached hydrogens (tertiary/aromatic N) is 1. The molecule has 33 heavy (non-hydrogen) atoms. The lowest BCUT2D eigenvalue weighted by atomic mass is 9.88. The van der Waals surface area contributed by atoms with Crippen LogP contribution in [0, 0.1) is 12.8 Å². The zero-order chi connectivity index (χ0) is 22.3. The summed E-state index contributed by atoms with van der Waals surface area (Å²) in [6, 6.07) is 14.6. The molecule has 0 saturated carbocycles. The standard InChI is InChI=1S/C24H26N4O3S.ClH/c1-16-6-7-21(32-16)23(29)27-19-4-2-3-5-20(19)28-24(30)31-22(17-8-12-25-13-9-17)18-10-14-26-15-11-18;/h2-9,12-13,18,22,26H,10-11,14-15H2,1H3,(H,27,29)(H,28,30);1H. The van der Waals surface area contributed by atoms with Crippen molar-refractivity contribution < 1.29 is 14.3 Å². The van der Waals surface area contributed by atoms with Crippen molar-refractivity contribution in [3.05, 3.63) is 76.2 Å². The monoisotopic (exact) mass is 486 g/mol. The van der Waals surface area contributed by atoms with E-state index in [9.17, 15) is 9.59 Å². The van der Waals surface area contributed by atoms with Crippen molar-refractivity contribution in [2.45, 2.75) is 25.9 Å². The number of aryl methyl sites for hydroxylation is 1. The van der Waals surface area contributed by atoms with Gasteiger partial charge < -0.3 is 15.4 Å². The van der Waals surface area contributed by atoms with E-state index < -0.39 is 6.09 Å². The summed E-state index contributed by atoms with van der Waals surface area (Å²) in [6.07, 6.45) is 4.35. The highest BCUT2D eigenvalue weighted by Crippen LogP contribution is 2.33. The highest BCUT2D eigenvalue weighted by atomic mass is 35.5. The first-order valence-electron chi connectivity index (χ1n) is 10.7. The van der Waals surface area contributed by atoms with Crippen LogP contribution in [0.4, 0.5) is 16.2 Å². The molecule has 0 spiro atoms. The summed E-state index contributed by atoms with van der Waals surface area (Å²) in [5.41, 5.74) is 1.93. The van der Waals surface area contributed by atoms with Crippen LogP contribution in [-0.2, 0) is 4.74 Å². The topological polar surface area (TPSA) is 92.4 Å². The van der Waals surface area contributed by atoms with Crippen LogP contribution in [0.1, 0.15) is 39.1 Å². The van der Waals surface area contributed by atoms with Gasteiger partial charge in [-0.2, -0.15) is 0 Å². The van der Waals surface area contributed by atoms with Crippen LogP contribution in [0.25, 0.3) is 0 Å². The first-order chi connectivity index (χ1) is 15.6. The number of aromatic nitrogens is 1. The van der Waals surface area contributed by atoms with Crippen LogP contribution in [0.3, 0.4) is 0 Å². The number of hydrogen-bond donors (Lipinski definition) is 3. The van der Waals surface area contributed by atoms with E-state index in [4.69, 9.17) is 4.74 Å². The van der Waals surface area contributed by atoms with Gasteiger partial charge >= 0.3 is 6.09 Å². The van der Waals surface area contributed by atoms with Crippen LogP contribution in [-0.4, -0.2) is 30.1 Å². The molecule has 9 heteroatoms. The number of hydrogen-bond acceptors (Lipinski definition) is 6.